The molecule has 2 N–H and O–H groups in total. The molecule has 1 aliphatic heterocycles. The van der Waals surface area contributed by atoms with Gasteiger partial charge in [-0.15, -0.1) is 0 Å². The first kappa shape index (κ1) is 17.0. The van der Waals surface area contributed by atoms with E-state index in [1.165, 1.54) is 0 Å². The molecule has 0 unspecified atom stereocenters. The maximum Gasteiger partial charge on any atom is 0.401 e. The van der Waals surface area contributed by atoms with Crippen LogP contribution in [-0.2, 0) is 4.79 Å². The second kappa shape index (κ2) is 7.73. The molecule has 1 aliphatic rings. The number of anilines is 2. The summed E-state index contributed by atoms with van der Waals surface area (Å²) in [5.74, 6) is 1.71. The van der Waals surface area contributed by atoms with E-state index in [1.807, 2.05) is 23.9 Å². The first-order chi connectivity index (χ1) is 10.4. The van der Waals surface area contributed by atoms with Crippen molar-refractivity contribution in [3.05, 3.63) is 24.3 Å². The molecule has 0 saturated carbocycles. The van der Waals surface area contributed by atoms with Gasteiger partial charge in [0.2, 0.25) is 5.91 Å². The van der Waals surface area contributed by atoms with E-state index >= 15 is 0 Å². The van der Waals surface area contributed by atoms with Gasteiger partial charge in [-0.25, -0.2) is 0 Å². The largest absolute Gasteiger partial charge is 0.401 e. The molecule has 1 aromatic rings. The summed E-state index contributed by atoms with van der Waals surface area (Å²) in [6.07, 6.45) is -4.31. The Morgan fingerprint density at radius 2 is 1.82 bits per heavy atom. The predicted molar refractivity (Wildman–Crippen MR) is 83.5 cm³/mol. The van der Waals surface area contributed by atoms with Gasteiger partial charge in [-0.05, 0) is 24.3 Å². The van der Waals surface area contributed by atoms with E-state index in [2.05, 4.69) is 15.5 Å². The van der Waals surface area contributed by atoms with Gasteiger partial charge in [0.05, 0.1) is 13.1 Å². The van der Waals surface area contributed by atoms with Crippen molar-refractivity contribution >= 4 is 29.0 Å². The van der Waals surface area contributed by atoms with Crippen molar-refractivity contribution in [2.75, 3.05) is 47.9 Å². The minimum Gasteiger partial charge on any atom is -0.370 e. The highest BCUT2D eigenvalue weighted by Crippen LogP contribution is 2.21. The highest BCUT2D eigenvalue weighted by Gasteiger charge is 2.26. The Labute approximate surface area is 131 Å². The Morgan fingerprint density at radius 3 is 2.41 bits per heavy atom. The van der Waals surface area contributed by atoms with Gasteiger partial charge in [0, 0.05) is 36.0 Å². The lowest BCUT2D eigenvalue weighted by atomic mass is 10.2. The standard InChI is InChI=1S/C14H18F3N3OS/c15-14(16,17)10-18-9-13(21)19-11-1-3-12(4-2-11)20-5-7-22-8-6-20/h1-4,18H,5-10H2,(H,19,21). The highest BCUT2D eigenvalue weighted by atomic mass is 32.2. The smallest absolute Gasteiger partial charge is 0.370 e. The van der Waals surface area contributed by atoms with Gasteiger partial charge in [0.15, 0.2) is 0 Å². The van der Waals surface area contributed by atoms with Gasteiger partial charge in [-0.2, -0.15) is 24.9 Å². The van der Waals surface area contributed by atoms with Crippen LogP contribution < -0.4 is 15.5 Å². The van der Waals surface area contributed by atoms with E-state index in [9.17, 15) is 18.0 Å². The molecule has 0 bridgehead atoms. The molecule has 0 atom stereocenters. The van der Waals surface area contributed by atoms with E-state index in [1.54, 1.807) is 12.1 Å². The zero-order chi connectivity index (χ0) is 16.0. The number of rotatable bonds is 5. The molecule has 1 saturated heterocycles. The summed E-state index contributed by atoms with van der Waals surface area (Å²) in [7, 11) is 0. The third kappa shape index (κ3) is 5.76. The fraction of sp³-hybridized carbons (Fsp3) is 0.500. The van der Waals surface area contributed by atoms with E-state index in [-0.39, 0.29) is 6.54 Å². The SMILES string of the molecule is O=C(CNCC(F)(F)F)Nc1ccc(N2CCSCC2)cc1. The Kier molecular flexibility index (Phi) is 5.96. The Morgan fingerprint density at radius 1 is 1.18 bits per heavy atom. The average Bonchev–Trinajstić information content (AvgIpc) is 2.47. The molecular formula is C14H18F3N3OS. The monoisotopic (exact) mass is 333 g/mol. The fourth-order valence-corrected chi connectivity index (χ4v) is 3.00. The molecule has 0 aliphatic carbocycles. The Balaban J connectivity index is 1.79. The number of carbonyl (C=O) groups is 1. The number of thioether (sulfide) groups is 1. The first-order valence-electron chi connectivity index (χ1n) is 6.94. The molecule has 0 radical (unpaired) electrons. The molecule has 1 heterocycles. The quantitative estimate of drug-likeness (QED) is 0.868. The van der Waals surface area contributed by atoms with E-state index in [4.69, 9.17) is 0 Å². The Bertz CT molecular complexity index is 487. The lowest BCUT2D eigenvalue weighted by Gasteiger charge is -2.28. The van der Waals surface area contributed by atoms with E-state index in [0.29, 0.717) is 5.69 Å². The summed E-state index contributed by atoms with van der Waals surface area (Å²) >= 11 is 1.93. The van der Waals surface area contributed by atoms with Crippen molar-refractivity contribution in [3.63, 3.8) is 0 Å². The maximum atomic E-state index is 12.0. The fourth-order valence-electron chi connectivity index (χ4n) is 2.10. The van der Waals surface area contributed by atoms with Gasteiger partial charge in [0.1, 0.15) is 0 Å². The van der Waals surface area contributed by atoms with Gasteiger partial charge in [0.25, 0.3) is 0 Å². The molecule has 2 rings (SSSR count). The van der Waals surface area contributed by atoms with Crippen LogP contribution in [0.5, 0.6) is 0 Å². The number of nitrogens with zero attached hydrogens (tertiary/aromatic N) is 1. The van der Waals surface area contributed by atoms with Gasteiger partial charge in [-0.1, -0.05) is 0 Å². The van der Waals surface area contributed by atoms with Crippen molar-refractivity contribution < 1.29 is 18.0 Å². The zero-order valence-corrected chi connectivity index (χ0v) is 12.8. The van der Waals surface area contributed by atoms with Crippen molar-refractivity contribution in [1.29, 1.82) is 0 Å². The van der Waals surface area contributed by atoms with E-state index < -0.39 is 18.6 Å². The second-order valence-electron chi connectivity index (χ2n) is 4.91. The van der Waals surface area contributed by atoms with Crippen LogP contribution in [0.1, 0.15) is 0 Å². The summed E-state index contributed by atoms with van der Waals surface area (Å²) in [5, 5.41) is 4.63. The van der Waals surface area contributed by atoms with Crippen LogP contribution in [-0.4, -0.2) is 49.8 Å². The number of nitrogens with one attached hydrogen (secondary N) is 2. The minimum absolute atomic E-state index is 0.370. The Hall–Kier alpha value is -1.41. The topological polar surface area (TPSA) is 44.4 Å². The molecule has 0 spiro atoms. The van der Waals surface area contributed by atoms with Gasteiger partial charge in [-0.3, -0.25) is 4.79 Å². The first-order valence-corrected chi connectivity index (χ1v) is 8.09. The number of hydrogen-bond acceptors (Lipinski definition) is 4. The van der Waals surface area contributed by atoms with Crippen molar-refractivity contribution in [2.45, 2.75) is 6.18 Å². The average molecular weight is 333 g/mol. The molecule has 22 heavy (non-hydrogen) atoms. The second-order valence-corrected chi connectivity index (χ2v) is 6.14. The molecule has 8 heteroatoms. The third-order valence-corrected chi connectivity index (χ3v) is 4.08. The van der Waals surface area contributed by atoms with Crippen LogP contribution in [0.25, 0.3) is 0 Å². The van der Waals surface area contributed by atoms with Crippen LogP contribution in [0.3, 0.4) is 0 Å². The van der Waals surface area contributed by atoms with Crippen molar-refractivity contribution in [3.8, 4) is 0 Å². The van der Waals surface area contributed by atoms with Crippen molar-refractivity contribution in [1.82, 2.24) is 5.32 Å². The predicted octanol–water partition coefficient (Wildman–Crippen LogP) is 2.33. The number of halogens is 3. The minimum atomic E-state index is -4.31. The van der Waals surface area contributed by atoms with Crippen LogP contribution in [0, 0.1) is 0 Å². The molecule has 1 amide bonds. The molecular weight excluding hydrogens is 315 g/mol. The molecule has 4 nitrogen and oxygen atoms in total. The number of alkyl halides is 3. The molecule has 1 fully saturated rings. The van der Waals surface area contributed by atoms with E-state index in [0.717, 1.165) is 30.3 Å². The number of carbonyl (C=O) groups excluding carboxylic acids is 1. The third-order valence-electron chi connectivity index (χ3n) is 3.14. The lowest BCUT2D eigenvalue weighted by molar-refractivity contribution is -0.126. The number of amides is 1. The number of hydrogen-bond donors (Lipinski definition) is 2. The summed E-state index contributed by atoms with van der Waals surface area (Å²) in [6, 6.07) is 7.35. The summed E-state index contributed by atoms with van der Waals surface area (Å²) < 4.78 is 35.9. The van der Waals surface area contributed by atoms with Gasteiger partial charge >= 0.3 is 6.18 Å². The van der Waals surface area contributed by atoms with Crippen molar-refractivity contribution in [2.24, 2.45) is 0 Å². The lowest BCUT2D eigenvalue weighted by Crippen LogP contribution is -2.35. The summed E-state index contributed by atoms with van der Waals surface area (Å²) in [6.45, 7) is 0.451. The zero-order valence-electron chi connectivity index (χ0n) is 11.9. The molecule has 1 aromatic carbocycles. The van der Waals surface area contributed by atoms with Gasteiger partial charge < -0.3 is 15.5 Å². The van der Waals surface area contributed by atoms with Crippen LogP contribution >= 0.6 is 11.8 Å². The van der Waals surface area contributed by atoms with Crippen LogP contribution in [0.2, 0.25) is 0 Å². The highest BCUT2D eigenvalue weighted by molar-refractivity contribution is 7.99. The van der Waals surface area contributed by atoms with Crippen LogP contribution in [0.4, 0.5) is 24.5 Å². The summed E-state index contributed by atoms with van der Waals surface area (Å²) in [4.78, 5) is 13.8. The molecule has 0 aromatic heterocycles. The maximum absolute atomic E-state index is 12.0. The number of benzene rings is 1. The normalized spacial score (nSPS) is 15.7. The van der Waals surface area contributed by atoms with Crippen LogP contribution in [0.15, 0.2) is 24.3 Å². The summed E-state index contributed by atoms with van der Waals surface area (Å²) in [5.41, 5.74) is 1.67. The molecule has 122 valence electrons.